The van der Waals surface area contributed by atoms with Crippen LogP contribution in [-0.4, -0.2) is 47.2 Å². The van der Waals surface area contributed by atoms with Crippen molar-refractivity contribution in [1.82, 2.24) is 15.5 Å². The third-order valence-electron chi connectivity index (χ3n) is 4.37. The van der Waals surface area contributed by atoms with Crippen molar-refractivity contribution in [2.24, 2.45) is 11.7 Å². The molecule has 1 saturated heterocycles. The van der Waals surface area contributed by atoms with Crippen LogP contribution in [-0.2, 0) is 16.1 Å². The summed E-state index contributed by atoms with van der Waals surface area (Å²) in [5.74, 6) is 0.0296. The topological polar surface area (TPSA) is 96.7 Å². The van der Waals surface area contributed by atoms with Gasteiger partial charge < -0.3 is 26.0 Å². The van der Waals surface area contributed by atoms with Crippen molar-refractivity contribution < 1.29 is 14.3 Å². The summed E-state index contributed by atoms with van der Waals surface area (Å²) in [7, 11) is 0. The predicted octanol–water partition coefficient (Wildman–Crippen LogP) is 1.76. The molecular weight excluding hydrogens is 364 g/mol. The molecule has 0 radical (unpaired) electrons. The largest absolute Gasteiger partial charge is 0.445 e. The lowest BCUT2D eigenvalue weighted by Gasteiger charge is -2.22. The summed E-state index contributed by atoms with van der Waals surface area (Å²) in [5, 5.41) is 6.01. The second-order valence-electron chi connectivity index (χ2n) is 7.17. The van der Waals surface area contributed by atoms with Crippen LogP contribution in [0.2, 0.25) is 0 Å². The highest BCUT2D eigenvalue weighted by Crippen LogP contribution is 2.11. The first kappa shape index (κ1) is 21.0. The molecule has 1 aliphatic heterocycles. The van der Waals surface area contributed by atoms with E-state index in [0.717, 1.165) is 18.5 Å². The number of likely N-dealkylation sites (tertiary alicyclic amines) is 1. The number of rotatable bonds is 7. The first-order valence-electron chi connectivity index (χ1n) is 9.17. The van der Waals surface area contributed by atoms with Crippen molar-refractivity contribution in [2.45, 2.75) is 45.4 Å². The number of nitrogens with one attached hydrogen (secondary N) is 2. The van der Waals surface area contributed by atoms with Gasteiger partial charge in [0.1, 0.15) is 12.6 Å². The minimum Gasteiger partial charge on any atom is -0.445 e. The zero-order valence-corrected chi connectivity index (χ0v) is 16.6. The van der Waals surface area contributed by atoms with Crippen LogP contribution in [0.3, 0.4) is 0 Å². The molecule has 2 atom stereocenters. The van der Waals surface area contributed by atoms with Crippen LogP contribution in [0.5, 0.6) is 0 Å². The number of carbonyl (C=O) groups is 2. The Kier molecular flexibility index (Phi) is 7.84. The van der Waals surface area contributed by atoms with Gasteiger partial charge in [-0.1, -0.05) is 44.2 Å². The fraction of sp³-hybridized carbons (Fsp3) is 0.526. The van der Waals surface area contributed by atoms with Gasteiger partial charge in [-0.3, -0.25) is 4.79 Å². The van der Waals surface area contributed by atoms with Crippen molar-refractivity contribution in [3.05, 3.63) is 35.9 Å². The second kappa shape index (κ2) is 10.1. The molecule has 1 heterocycles. The van der Waals surface area contributed by atoms with Gasteiger partial charge in [-0.25, -0.2) is 4.79 Å². The van der Waals surface area contributed by atoms with Crippen molar-refractivity contribution in [1.29, 1.82) is 0 Å². The molecule has 1 aromatic rings. The van der Waals surface area contributed by atoms with Crippen LogP contribution >= 0.6 is 12.2 Å². The SMILES string of the molecule is CC(C)C[C@H](NC(=O)OCc1ccccc1)C(=O)N[C@@H]1CCN(C(N)=S)C1. The van der Waals surface area contributed by atoms with E-state index in [1.165, 1.54) is 0 Å². The number of alkyl carbamates (subject to hydrolysis) is 1. The van der Waals surface area contributed by atoms with Crippen LogP contribution in [0.1, 0.15) is 32.3 Å². The summed E-state index contributed by atoms with van der Waals surface area (Å²) < 4.78 is 5.24. The third-order valence-corrected chi connectivity index (χ3v) is 4.63. The maximum absolute atomic E-state index is 12.7. The molecule has 0 aliphatic carbocycles. The average molecular weight is 393 g/mol. The maximum Gasteiger partial charge on any atom is 0.408 e. The Morgan fingerprint density at radius 3 is 2.63 bits per heavy atom. The van der Waals surface area contributed by atoms with Gasteiger partial charge in [-0.15, -0.1) is 0 Å². The van der Waals surface area contributed by atoms with E-state index in [-0.39, 0.29) is 24.5 Å². The summed E-state index contributed by atoms with van der Waals surface area (Å²) >= 11 is 4.97. The Morgan fingerprint density at radius 2 is 2.04 bits per heavy atom. The summed E-state index contributed by atoms with van der Waals surface area (Å²) in [6, 6.07) is 8.72. The molecule has 1 fully saturated rings. The van der Waals surface area contributed by atoms with Gasteiger partial charge in [-0.2, -0.15) is 0 Å². The monoisotopic (exact) mass is 392 g/mol. The number of nitrogens with two attached hydrogens (primary N) is 1. The number of benzene rings is 1. The first-order valence-corrected chi connectivity index (χ1v) is 9.58. The molecule has 0 saturated carbocycles. The highest BCUT2D eigenvalue weighted by atomic mass is 32.1. The molecule has 1 aliphatic rings. The van der Waals surface area contributed by atoms with Crippen LogP contribution in [0.15, 0.2) is 30.3 Å². The van der Waals surface area contributed by atoms with Gasteiger partial charge in [0, 0.05) is 19.1 Å². The smallest absolute Gasteiger partial charge is 0.408 e. The Hall–Kier alpha value is -2.35. The predicted molar refractivity (Wildman–Crippen MR) is 108 cm³/mol. The third kappa shape index (κ3) is 7.05. The zero-order valence-electron chi connectivity index (χ0n) is 15.8. The Morgan fingerprint density at radius 1 is 1.33 bits per heavy atom. The number of ether oxygens (including phenoxy) is 1. The van der Waals surface area contributed by atoms with Crippen LogP contribution in [0, 0.1) is 5.92 Å². The molecule has 148 valence electrons. The molecule has 0 spiro atoms. The summed E-state index contributed by atoms with van der Waals surface area (Å²) in [6.07, 6.45) is 0.698. The van der Waals surface area contributed by atoms with Gasteiger partial charge in [0.25, 0.3) is 0 Å². The van der Waals surface area contributed by atoms with Crippen LogP contribution < -0.4 is 16.4 Å². The number of nitrogens with zero attached hydrogens (tertiary/aromatic N) is 1. The summed E-state index contributed by atoms with van der Waals surface area (Å²) in [6.45, 7) is 5.48. The number of thiocarbonyl (C=S) groups is 1. The standard InChI is InChI=1S/C19H28N4O3S/c1-13(2)10-16(17(24)21-15-8-9-23(11-15)18(20)27)22-19(25)26-12-14-6-4-3-5-7-14/h3-7,13,15-16H,8-12H2,1-2H3,(H2,20,27)(H,21,24)(H,22,25)/t15-,16+/m1/s1. The van der Waals surface area contributed by atoms with E-state index >= 15 is 0 Å². The molecule has 7 nitrogen and oxygen atoms in total. The summed E-state index contributed by atoms with van der Waals surface area (Å²) in [4.78, 5) is 26.7. The minimum absolute atomic E-state index is 0.0317. The lowest BCUT2D eigenvalue weighted by molar-refractivity contribution is -0.124. The van der Waals surface area contributed by atoms with Crippen LogP contribution in [0.4, 0.5) is 4.79 Å². The van der Waals surface area contributed by atoms with Gasteiger partial charge >= 0.3 is 6.09 Å². The van der Waals surface area contributed by atoms with Crippen molar-refractivity contribution in [3.63, 3.8) is 0 Å². The molecule has 0 aromatic heterocycles. The van der Waals surface area contributed by atoms with E-state index in [9.17, 15) is 9.59 Å². The van der Waals surface area contributed by atoms with E-state index < -0.39 is 12.1 Å². The lowest BCUT2D eigenvalue weighted by atomic mass is 10.0. The molecule has 4 N–H and O–H groups in total. The number of carbonyl (C=O) groups excluding carboxylic acids is 2. The first-order chi connectivity index (χ1) is 12.8. The highest BCUT2D eigenvalue weighted by molar-refractivity contribution is 7.80. The van der Waals surface area contributed by atoms with Crippen LogP contribution in [0.25, 0.3) is 0 Å². The van der Waals surface area contributed by atoms with Crippen molar-refractivity contribution in [3.8, 4) is 0 Å². The van der Waals surface area contributed by atoms with Crippen molar-refractivity contribution in [2.75, 3.05) is 13.1 Å². The van der Waals surface area contributed by atoms with Crippen molar-refractivity contribution >= 4 is 29.3 Å². The molecule has 2 amide bonds. The molecule has 2 rings (SSSR count). The fourth-order valence-corrected chi connectivity index (χ4v) is 3.16. The molecule has 1 aromatic carbocycles. The number of amides is 2. The molecule has 8 heteroatoms. The summed E-state index contributed by atoms with van der Waals surface area (Å²) in [5.41, 5.74) is 6.52. The van der Waals surface area contributed by atoms with Gasteiger partial charge in [0.05, 0.1) is 0 Å². The van der Waals surface area contributed by atoms with E-state index in [2.05, 4.69) is 10.6 Å². The normalized spacial score (nSPS) is 17.4. The molecule has 0 unspecified atom stereocenters. The highest BCUT2D eigenvalue weighted by Gasteiger charge is 2.29. The number of hydrogen-bond acceptors (Lipinski definition) is 4. The Bertz CT molecular complexity index is 654. The zero-order chi connectivity index (χ0) is 19.8. The molecule has 0 bridgehead atoms. The number of hydrogen-bond donors (Lipinski definition) is 3. The van der Waals surface area contributed by atoms with E-state index in [0.29, 0.717) is 18.1 Å². The van der Waals surface area contributed by atoms with E-state index in [4.69, 9.17) is 22.7 Å². The fourth-order valence-electron chi connectivity index (χ4n) is 2.99. The quantitative estimate of drug-likeness (QED) is 0.612. The van der Waals surface area contributed by atoms with Gasteiger partial charge in [0.2, 0.25) is 5.91 Å². The Balaban J connectivity index is 1.86. The maximum atomic E-state index is 12.7. The van der Waals surface area contributed by atoms with E-state index in [1.807, 2.05) is 49.1 Å². The molecule has 27 heavy (non-hydrogen) atoms. The Labute approximate surface area is 165 Å². The minimum atomic E-state index is -0.646. The lowest BCUT2D eigenvalue weighted by Crippen LogP contribution is -2.51. The second-order valence-corrected chi connectivity index (χ2v) is 7.58. The average Bonchev–Trinajstić information content (AvgIpc) is 3.08. The van der Waals surface area contributed by atoms with Gasteiger partial charge in [0.15, 0.2) is 5.11 Å². The van der Waals surface area contributed by atoms with Gasteiger partial charge in [-0.05, 0) is 36.5 Å². The molecular formula is C19H28N4O3S. The van der Waals surface area contributed by atoms with E-state index in [1.54, 1.807) is 0 Å².